The fraction of sp³-hybridized carbons (Fsp3) is 0.160. The van der Waals surface area contributed by atoms with Crippen molar-refractivity contribution in [3.05, 3.63) is 84.6 Å². The summed E-state index contributed by atoms with van der Waals surface area (Å²) in [4.78, 5) is 23.5. The Kier molecular flexibility index (Phi) is 5.29. The van der Waals surface area contributed by atoms with Gasteiger partial charge in [-0.25, -0.2) is 9.97 Å². The van der Waals surface area contributed by atoms with Crippen molar-refractivity contribution in [3.8, 4) is 11.1 Å². The minimum atomic E-state index is 0.0558. The number of ether oxygens (including phenoxy) is 1. The van der Waals surface area contributed by atoms with Crippen LogP contribution in [0.15, 0.2) is 79.0 Å². The van der Waals surface area contributed by atoms with Crippen molar-refractivity contribution < 1.29 is 9.53 Å². The molecule has 4 aromatic rings. The topological polar surface area (TPSA) is 67.4 Å². The van der Waals surface area contributed by atoms with E-state index in [2.05, 4.69) is 28.5 Å². The molecule has 1 saturated heterocycles. The van der Waals surface area contributed by atoms with Crippen LogP contribution in [0, 0.1) is 0 Å². The average Bonchev–Trinajstić information content (AvgIpc) is 2.84. The molecule has 5 rings (SSSR count). The van der Waals surface area contributed by atoms with Gasteiger partial charge in [-0.15, -0.1) is 0 Å². The molecule has 0 atom stereocenters. The van der Waals surface area contributed by atoms with Gasteiger partial charge in [-0.1, -0.05) is 30.3 Å². The number of fused-ring (bicyclic) bond motifs is 1. The number of rotatable bonds is 4. The summed E-state index contributed by atoms with van der Waals surface area (Å²) in [7, 11) is 0. The van der Waals surface area contributed by atoms with E-state index in [9.17, 15) is 4.79 Å². The highest BCUT2D eigenvalue weighted by atomic mass is 16.5. The maximum Gasteiger partial charge on any atom is 0.254 e. The van der Waals surface area contributed by atoms with Crippen molar-refractivity contribution >= 4 is 28.4 Å². The summed E-state index contributed by atoms with van der Waals surface area (Å²) >= 11 is 0. The van der Waals surface area contributed by atoms with Crippen LogP contribution >= 0.6 is 0 Å². The molecule has 3 heterocycles. The Labute approximate surface area is 180 Å². The van der Waals surface area contributed by atoms with E-state index in [0.717, 1.165) is 33.7 Å². The van der Waals surface area contributed by atoms with Gasteiger partial charge < -0.3 is 15.0 Å². The highest BCUT2D eigenvalue weighted by Gasteiger charge is 2.18. The van der Waals surface area contributed by atoms with Crippen LogP contribution in [0.25, 0.3) is 22.0 Å². The lowest BCUT2D eigenvalue weighted by Gasteiger charge is -2.26. The third-order valence-corrected chi connectivity index (χ3v) is 5.38. The lowest BCUT2D eigenvalue weighted by Crippen LogP contribution is -2.40. The van der Waals surface area contributed by atoms with Crippen LogP contribution in [0.2, 0.25) is 0 Å². The summed E-state index contributed by atoms with van der Waals surface area (Å²) in [5.41, 5.74) is 3.70. The van der Waals surface area contributed by atoms with Gasteiger partial charge in [0.15, 0.2) is 0 Å². The molecule has 0 saturated carbocycles. The smallest absolute Gasteiger partial charge is 0.254 e. The molecule has 1 amide bonds. The molecule has 0 spiro atoms. The van der Waals surface area contributed by atoms with Crippen LogP contribution in [0.3, 0.4) is 0 Å². The quantitative estimate of drug-likeness (QED) is 0.536. The van der Waals surface area contributed by atoms with E-state index < -0.39 is 0 Å². The minimum Gasteiger partial charge on any atom is -0.378 e. The molecular formula is C25H22N4O2. The molecule has 154 valence electrons. The number of aromatic nitrogens is 2. The number of pyridine rings is 2. The fourth-order valence-electron chi connectivity index (χ4n) is 3.69. The Balaban J connectivity index is 1.38. The molecule has 6 nitrogen and oxygen atoms in total. The molecule has 1 N–H and O–H groups in total. The standard InChI is InChI=1S/C25H22N4O2/c30-25(29-13-15-31-16-14-29)20-7-4-18(5-8-20)21-9-6-19-10-11-24(27-22(19)17-21)28-23-3-1-2-12-26-23/h1-12,17H,13-16H2,(H,26,27,28). The molecule has 1 fully saturated rings. The third-order valence-electron chi connectivity index (χ3n) is 5.38. The second-order valence-corrected chi connectivity index (χ2v) is 7.43. The van der Waals surface area contributed by atoms with Gasteiger partial charge in [0.05, 0.1) is 18.7 Å². The van der Waals surface area contributed by atoms with Crippen LogP contribution in [-0.4, -0.2) is 47.1 Å². The number of amides is 1. The first-order valence-corrected chi connectivity index (χ1v) is 10.3. The maximum atomic E-state index is 12.7. The molecule has 0 unspecified atom stereocenters. The zero-order valence-corrected chi connectivity index (χ0v) is 17.0. The van der Waals surface area contributed by atoms with Gasteiger partial charge in [0, 0.05) is 30.2 Å². The van der Waals surface area contributed by atoms with E-state index in [1.165, 1.54) is 0 Å². The first-order valence-electron chi connectivity index (χ1n) is 10.3. The van der Waals surface area contributed by atoms with Crippen molar-refractivity contribution in [1.82, 2.24) is 14.9 Å². The second kappa shape index (κ2) is 8.53. The largest absolute Gasteiger partial charge is 0.378 e. The SMILES string of the molecule is O=C(c1ccc(-c2ccc3ccc(Nc4ccccn4)nc3c2)cc1)N1CCOCC1. The van der Waals surface area contributed by atoms with Crippen molar-refractivity contribution in [2.75, 3.05) is 31.6 Å². The van der Waals surface area contributed by atoms with Crippen LogP contribution in [0.1, 0.15) is 10.4 Å². The van der Waals surface area contributed by atoms with E-state index in [1.807, 2.05) is 59.5 Å². The summed E-state index contributed by atoms with van der Waals surface area (Å²) in [6.07, 6.45) is 1.74. The fourth-order valence-corrected chi connectivity index (χ4v) is 3.69. The Bertz CT molecular complexity index is 1200. The number of benzene rings is 2. The van der Waals surface area contributed by atoms with E-state index in [1.54, 1.807) is 6.20 Å². The van der Waals surface area contributed by atoms with E-state index in [-0.39, 0.29) is 5.91 Å². The Morgan fingerprint density at radius 3 is 2.42 bits per heavy atom. The van der Waals surface area contributed by atoms with Gasteiger partial charge in [0.1, 0.15) is 11.6 Å². The molecule has 0 aliphatic carbocycles. The van der Waals surface area contributed by atoms with Crippen molar-refractivity contribution in [2.24, 2.45) is 0 Å². The van der Waals surface area contributed by atoms with Gasteiger partial charge in [0.25, 0.3) is 5.91 Å². The molecular weight excluding hydrogens is 388 g/mol. The zero-order valence-electron chi connectivity index (χ0n) is 17.0. The van der Waals surface area contributed by atoms with E-state index in [4.69, 9.17) is 9.72 Å². The van der Waals surface area contributed by atoms with Crippen LogP contribution in [0.5, 0.6) is 0 Å². The Morgan fingerprint density at radius 1 is 0.871 bits per heavy atom. The Hall–Kier alpha value is -3.77. The first kappa shape index (κ1) is 19.2. The number of carbonyl (C=O) groups excluding carboxylic acids is 1. The van der Waals surface area contributed by atoms with Crippen molar-refractivity contribution in [2.45, 2.75) is 0 Å². The summed E-state index contributed by atoms with van der Waals surface area (Å²) < 4.78 is 5.33. The number of anilines is 2. The predicted molar refractivity (Wildman–Crippen MR) is 121 cm³/mol. The monoisotopic (exact) mass is 410 g/mol. The molecule has 2 aromatic carbocycles. The molecule has 0 radical (unpaired) electrons. The first-order chi connectivity index (χ1) is 15.3. The van der Waals surface area contributed by atoms with Crippen LogP contribution < -0.4 is 5.32 Å². The lowest BCUT2D eigenvalue weighted by molar-refractivity contribution is 0.0303. The predicted octanol–water partition coefficient (Wildman–Crippen LogP) is 4.51. The molecule has 31 heavy (non-hydrogen) atoms. The van der Waals surface area contributed by atoms with E-state index >= 15 is 0 Å². The zero-order chi connectivity index (χ0) is 21.0. The Morgan fingerprint density at radius 2 is 1.65 bits per heavy atom. The second-order valence-electron chi connectivity index (χ2n) is 7.43. The molecule has 6 heteroatoms. The summed E-state index contributed by atoms with van der Waals surface area (Å²) in [5, 5.41) is 4.30. The average molecular weight is 410 g/mol. The number of nitrogens with zero attached hydrogens (tertiary/aromatic N) is 3. The number of nitrogens with one attached hydrogen (secondary N) is 1. The minimum absolute atomic E-state index is 0.0558. The summed E-state index contributed by atoms with van der Waals surface area (Å²) in [5.74, 6) is 1.56. The van der Waals surface area contributed by atoms with Crippen LogP contribution in [0.4, 0.5) is 11.6 Å². The van der Waals surface area contributed by atoms with Gasteiger partial charge in [-0.3, -0.25) is 4.79 Å². The number of carbonyl (C=O) groups is 1. The highest BCUT2D eigenvalue weighted by Crippen LogP contribution is 2.26. The van der Waals surface area contributed by atoms with Gasteiger partial charge in [-0.05, 0) is 53.6 Å². The third kappa shape index (κ3) is 4.25. The van der Waals surface area contributed by atoms with Gasteiger partial charge in [-0.2, -0.15) is 0 Å². The molecule has 2 aromatic heterocycles. The molecule has 0 bridgehead atoms. The number of hydrogen-bond acceptors (Lipinski definition) is 5. The van der Waals surface area contributed by atoms with Crippen molar-refractivity contribution in [3.63, 3.8) is 0 Å². The van der Waals surface area contributed by atoms with Gasteiger partial charge in [0.2, 0.25) is 0 Å². The lowest BCUT2D eigenvalue weighted by atomic mass is 10.0. The summed E-state index contributed by atoms with van der Waals surface area (Å²) in [6, 6.07) is 23.7. The number of hydrogen-bond donors (Lipinski definition) is 1. The van der Waals surface area contributed by atoms with Gasteiger partial charge >= 0.3 is 0 Å². The number of morpholine rings is 1. The van der Waals surface area contributed by atoms with E-state index in [0.29, 0.717) is 31.9 Å². The normalized spacial score (nSPS) is 13.9. The van der Waals surface area contributed by atoms with Crippen molar-refractivity contribution in [1.29, 1.82) is 0 Å². The molecule has 1 aliphatic rings. The summed E-state index contributed by atoms with van der Waals surface area (Å²) in [6.45, 7) is 2.49. The maximum absolute atomic E-state index is 12.7. The van der Waals surface area contributed by atoms with Crippen LogP contribution in [-0.2, 0) is 4.74 Å². The highest BCUT2D eigenvalue weighted by molar-refractivity contribution is 5.95. The molecule has 1 aliphatic heterocycles.